The summed E-state index contributed by atoms with van der Waals surface area (Å²) in [5, 5.41) is 6.44. The molecule has 6 nitrogen and oxygen atoms in total. The van der Waals surface area contributed by atoms with Crippen LogP contribution in [0.1, 0.15) is 11.5 Å². The van der Waals surface area contributed by atoms with Crippen molar-refractivity contribution in [2.45, 2.75) is 12.0 Å². The molecule has 4 heterocycles. The predicted molar refractivity (Wildman–Crippen MR) is 206 cm³/mol. The summed E-state index contributed by atoms with van der Waals surface area (Å²) in [5.74, 6) is 2.57. The zero-order chi connectivity index (χ0) is 34.2. The Labute approximate surface area is 298 Å². The van der Waals surface area contributed by atoms with Crippen LogP contribution in [0.3, 0.4) is 0 Å². The molecular formula is C46H28N4O2. The second-order valence-electron chi connectivity index (χ2n) is 13.4. The van der Waals surface area contributed by atoms with E-state index in [2.05, 4.69) is 96.0 Å². The highest BCUT2D eigenvalue weighted by Gasteiger charge is 2.37. The van der Waals surface area contributed by atoms with Crippen LogP contribution in [0.4, 0.5) is 0 Å². The predicted octanol–water partition coefficient (Wildman–Crippen LogP) is 9.11. The number of ether oxygens (including phenoxy) is 1. The second kappa shape index (κ2) is 11.3. The van der Waals surface area contributed by atoms with Crippen LogP contribution in [0.5, 0.6) is 5.75 Å². The topological polar surface area (TPSA) is 73.9 Å². The van der Waals surface area contributed by atoms with E-state index in [0.29, 0.717) is 17.5 Å². The Morgan fingerprint density at radius 3 is 2.23 bits per heavy atom. The molecule has 0 saturated heterocycles. The van der Waals surface area contributed by atoms with Gasteiger partial charge in [-0.2, -0.15) is 0 Å². The Morgan fingerprint density at radius 1 is 0.519 bits per heavy atom. The van der Waals surface area contributed by atoms with Crippen LogP contribution < -0.4 is 15.3 Å². The summed E-state index contributed by atoms with van der Waals surface area (Å²) < 4.78 is 13.1. The van der Waals surface area contributed by atoms with Gasteiger partial charge < -0.3 is 9.15 Å². The lowest BCUT2D eigenvalue weighted by molar-refractivity contribution is 0.288. The molecular weight excluding hydrogens is 641 g/mol. The van der Waals surface area contributed by atoms with Gasteiger partial charge in [-0.15, -0.1) is 0 Å². The second-order valence-corrected chi connectivity index (χ2v) is 13.4. The summed E-state index contributed by atoms with van der Waals surface area (Å²) in [7, 11) is 0. The minimum Gasteiger partial charge on any atom is -0.485 e. The van der Waals surface area contributed by atoms with Crippen LogP contribution in [-0.4, -0.2) is 26.0 Å². The molecule has 244 valence electrons. The van der Waals surface area contributed by atoms with E-state index in [-0.39, 0.29) is 12.0 Å². The molecule has 6 heteroatoms. The van der Waals surface area contributed by atoms with Crippen LogP contribution in [0, 0.1) is 0 Å². The Hall–Kier alpha value is -6.92. The lowest BCUT2D eigenvalue weighted by Gasteiger charge is -2.17. The molecule has 2 aliphatic rings. The molecule has 1 aliphatic heterocycles. The maximum absolute atomic E-state index is 6.83. The van der Waals surface area contributed by atoms with Crippen molar-refractivity contribution in [3.8, 4) is 51.0 Å². The fourth-order valence-electron chi connectivity index (χ4n) is 7.85. The van der Waals surface area contributed by atoms with Gasteiger partial charge in [-0.05, 0) is 69.6 Å². The minimum absolute atomic E-state index is 0.0534. The van der Waals surface area contributed by atoms with E-state index in [1.54, 1.807) is 0 Å². The summed E-state index contributed by atoms with van der Waals surface area (Å²) in [6, 6.07) is 47.7. The molecule has 6 aromatic carbocycles. The molecule has 0 fully saturated rings. The van der Waals surface area contributed by atoms with Gasteiger partial charge in [0, 0.05) is 45.1 Å². The third-order valence-electron chi connectivity index (χ3n) is 10.3. The molecule has 0 amide bonds. The summed E-state index contributed by atoms with van der Waals surface area (Å²) in [6.45, 7) is 0. The van der Waals surface area contributed by atoms with E-state index in [4.69, 9.17) is 24.1 Å². The Morgan fingerprint density at radius 2 is 1.31 bits per heavy atom. The van der Waals surface area contributed by atoms with E-state index in [0.717, 1.165) is 82.4 Å². The number of nitrogens with zero attached hydrogens (tertiary/aromatic N) is 4. The zero-order valence-electron chi connectivity index (χ0n) is 27.8. The van der Waals surface area contributed by atoms with Crippen LogP contribution in [-0.2, 0) is 0 Å². The normalized spacial score (nSPS) is 15.8. The first-order chi connectivity index (χ1) is 25.7. The molecule has 0 N–H and O–H groups in total. The quantitative estimate of drug-likeness (QED) is 0.186. The monoisotopic (exact) mass is 668 g/mol. The SMILES string of the molecule is C1=c2cccnc2=CC2Oc3cc(-c4cccc5oc6ccccc6c45)cc(-c4nc(-c5ccccc5)nc(-c5ccc6ccccc6c5)n4)c3C12. The van der Waals surface area contributed by atoms with E-state index >= 15 is 0 Å². The van der Waals surface area contributed by atoms with Crippen molar-refractivity contribution in [3.05, 3.63) is 162 Å². The van der Waals surface area contributed by atoms with Gasteiger partial charge in [0.25, 0.3) is 0 Å². The molecule has 11 rings (SSSR count). The van der Waals surface area contributed by atoms with Crippen LogP contribution in [0.2, 0.25) is 0 Å². The van der Waals surface area contributed by atoms with Crippen molar-refractivity contribution in [1.82, 2.24) is 19.9 Å². The van der Waals surface area contributed by atoms with Crippen LogP contribution in [0.15, 0.2) is 150 Å². The van der Waals surface area contributed by atoms with Crippen molar-refractivity contribution >= 4 is 44.9 Å². The summed E-state index contributed by atoms with van der Waals surface area (Å²) in [5.41, 5.74) is 7.54. The molecule has 0 radical (unpaired) electrons. The van der Waals surface area contributed by atoms with Gasteiger partial charge in [0.05, 0.1) is 5.35 Å². The van der Waals surface area contributed by atoms with Gasteiger partial charge in [-0.25, -0.2) is 15.0 Å². The van der Waals surface area contributed by atoms with E-state index < -0.39 is 0 Å². The molecule has 2 atom stereocenters. The van der Waals surface area contributed by atoms with Gasteiger partial charge in [-0.3, -0.25) is 4.98 Å². The smallest absolute Gasteiger partial charge is 0.164 e. The molecule has 2 unspecified atom stereocenters. The fraction of sp³-hybridized carbons (Fsp3) is 0.0435. The molecule has 0 saturated carbocycles. The van der Waals surface area contributed by atoms with Crippen molar-refractivity contribution in [2.24, 2.45) is 0 Å². The Kier molecular flexibility index (Phi) is 6.28. The maximum Gasteiger partial charge on any atom is 0.164 e. The lowest BCUT2D eigenvalue weighted by atomic mass is 9.86. The largest absolute Gasteiger partial charge is 0.485 e. The molecule has 1 aliphatic carbocycles. The average molecular weight is 669 g/mol. The van der Waals surface area contributed by atoms with Gasteiger partial charge in [0.1, 0.15) is 23.0 Å². The Bertz CT molecular complexity index is 3020. The molecule has 9 aromatic rings. The highest BCUT2D eigenvalue weighted by Crippen LogP contribution is 2.49. The average Bonchev–Trinajstić information content (AvgIpc) is 3.77. The van der Waals surface area contributed by atoms with E-state index in [1.807, 2.05) is 66.9 Å². The van der Waals surface area contributed by atoms with Gasteiger partial charge >= 0.3 is 0 Å². The highest BCUT2D eigenvalue weighted by atomic mass is 16.5. The van der Waals surface area contributed by atoms with Crippen molar-refractivity contribution in [2.75, 3.05) is 0 Å². The standard InChI is InChI=1S/C46H28N4O2/c1-2-11-28(12-3-1)44-48-45(31-20-19-27-10-4-5-13-29(27)22-31)50-46(49-44)36-24-32(33-16-8-18-39-42(33)34-15-6-7-17-38(34)51-39)25-41-43(36)35-23-30-14-9-21-47-37(30)26-40(35)52-41/h1-26,35,40H. The lowest BCUT2D eigenvalue weighted by Crippen LogP contribution is -2.36. The number of benzene rings is 6. The number of furan rings is 1. The van der Waals surface area contributed by atoms with Crippen molar-refractivity contribution < 1.29 is 9.15 Å². The number of pyridine rings is 1. The molecule has 0 bridgehead atoms. The minimum atomic E-state index is -0.215. The molecule has 3 aromatic heterocycles. The van der Waals surface area contributed by atoms with E-state index in [9.17, 15) is 0 Å². The summed E-state index contributed by atoms with van der Waals surface area (Å²) in [6.07, 6.45) is 6.02. The van der Waals surface area contributed by atoms with Crippen LogP contribution >= 0.6 is 0 Å². The number of fused-ring (bicyclic) bond motifs is 8. The number of aromatic nitrogens is 4. The first-order valence-electron chi connectivity index (χ1n) is 17.4. The maximum atomic E-state index is 6.83. The zero-order valence-corrected chi connectivity index (χ0v) is 27.8. The number of para-hydroxylation sites is 1. The summed E-state index contributed by atoms with van der Waals surface area (Å²) >= 11 is 0. The number of rotatable bonds is 4. The number of hydrogen-bond acceptors (Lipinski definition) is 6. The van der Waals surface area contributed by atoms with E-state index in [1.165, 1.54) is 0 Å². The fourth-order valence-corrected chi connectivity index (χ4v) is 7.85. The first-order valence-corrected chi connectivity index (χ1v) is 17.4. The highest BCUT2D eigenvalue weighted by molar-refractivity contribution is 6.12. The van der Waals surface area contributed by atoms with Crippen molar-refractivity contribution in [3.63, 3.8) is 0 Å². The Balaban J connectivity index is 1.19. The van der Waals surface area contributed by atoms with Gasteiger partial charge in [0.15, 0.2) is 17.5 Å². The van der Waals surface area contributed by atoms with Gasteiger partial charge in [-0.1, -0.05) is 109 Å². The molecule has 0 spiro atoms. The molecule has 52 heavy (non-hydrogen) atoms. The third-order valence-corrected chi connectivity index (χ3v) is 10.3. The first kappa shape index (κ1) is 28.9. The van der Waals surface area contributed by atoms with Crippen molar-refractivity contribution in [1.29, 1.82) is 0 Å². The third kappa shape index (κ3) is 4.58. The van der Waals surface area contributed by atoms with Crippen LogP contribution in [0.25, 0.3) is 90.2 Å². The van der Waals surface area contributed by atoms with Gasteiger partial charge in [0.2, 0.25) is 0 Å². The summed E-state index contributed by atoms with van der Waals surface area (Å²) in [4.78, 5) is 20.2. The number of hydrogen-bond donors (Lipinski definition) is 0.